The average molecular weight is 361 g/mol. The predicted molar refractivity (Wildman–Crippen MR) is 105 cm³/mol. The van der Waals surface area contributed by atoms with Gasteiger partial charge in [0.15, 0.2) is 0 Å². The number of amides is 1. The Kier molecular flexibility index (Phi) is 5.81. The van der Waals surface area contributed by atoms with E-state index >= 15 is 0 Å². The molecule has 0 radical (unpaired) electrons. The lowest BCUT2D eigenvalue weighted by Gasteiger charge is -2.19. The second-order valence-corrected chi connectivity index (χ2v) is 6.61. The maximum absolute atomic E-state index is 12.7. The molecule has 0 saturated carbocycles. The van der Waals surface area contributed by atoms with Gasteiger partial charge in [-0.25, -0.2) is 0 Å². The van der Waals surface area contributed by atoms with Crippen LogP contribution in [0.2, 0.25) is 0 Å². The number of hydrogen-bond acceptors (Lipinski definition) is 4. The molecule has 1 aromatic heterocycles. The van der Waals surface area contributed by atoms with E-state index in [1.807, 2.05) is 62.4 Å². The topological polar surface area (TPSA) is 59.2 Å². The molecule has 27 heavy (non-hydrogen) atoms. The molecule has 138 valence electrons. The summed E-state index contributed by atoms with van der Waals surface area (Å²) in [4.78, 5) is 18.8. The van der Waals surface area contributed by atoms with Crippen molar-refractivity contribution in [2.24, 2.45) is 0 Å². The molecule has 2 aromatic carbocycles. The number of rotatable bonds is 7. The van der Waals surface area contributed by atoms with E-state index in [1.54, 1.807) is 11.0 Å². The molecule has 3 aromatic rings. The molecule has 5 nitrogen and oxygen atoms in total. The highest BCUT2D eigenvalue weighted by Gasteiger charge is 2.17. The van der Waals surface area contributed by atoms with Gasteiger partial charge in [-0.15, -0.1) is 6.58 Å². The van der Waals surface area contributed by atoms with Gasteiger partial charge in [0.2, 0.25) is 17.6 Å². The Balaban J connectivity index is 1.71. The Bertz CT molecular complexity index is 929. The lowest BCUT2D eigenvalue weighted by atomic mass is 10.1. The summed E-state index contributed by atoms with van der Waals surface area (Å²) in [6, 6.07) is 15.9. The van der Waals surface area contributed by atoms with E-state index < -0.39 is 0 Å². The van der Waals surface area contributed by atoms with E-state index in [4.69, 9.17) is 4.52 Å². The number of aryl methyl sites for hydroxylation is 2. The maximum Gasteiger partial charge on any atom is 0.246 e. The van der Waals surface area contributed by atoms with Gasteiger partial charge in [0.05, 0.1) is 6.42 Å². The summed E-state index contributed by atoms with van der Waals surface area (Å²) >= 11 is 0. The van der Waals surface area contributed by atoms with Crippen LogP contribution in [0.1, 0.15) is 22.6 Å². The Morgan fingerprint density at radius 1 is 1.15 bits per heavy atom. The first-order chi connectivity index (χ1) is 13.0. The quantitative estimate of drug-likeness (QED) is 0.594. The van der Waals surface area contributed by atoms with Crippen molar-refractivity contribution in [1.82, 2.24) is 15.0 Å². The van der Waals surface area contributed by atoms with Gasteiger partial charge < -0.3 is 9.42 Å². The number of benzene rings is 2. The third-order valence-corrected chi connectivity index (χ3v) is 4.25. The molecule has 0 atom stereocenters. The van der Waals surface area contributed by atoms with Crippen LogP contribution >= 0.6 is 0 Å². The number of nitrogens with zero attached hydrogens (tertiary/aromatic N) is 3. The zero-order valence-corrected chi connectivity index (χ0v) is 15.7. The summed E-state index contributed by atoms with van der Waals surface area (Å²) in [6.45, 7) is 8.47. The van der Waals surface area contributed by atoms with E-state index in [-0.39, 0.29) is 12.5 Å². The van der Waals surface area contributed by atoms with Gasteiger partial charge in [-0.05, 0) is 25.5 Å². The van der Waals surface area contributed by atoms with Crippen LogP contribution in [0.15, 0.2) is 65.7 Å². The third-order valence-electron chi connectivity index (χ3n) is 4.25. The van der Waals surface area contributed by atoms with Crippen LogP contribution in [-0.2, 0) is 17.8 Å². The molecule has 1 heterocycles. The SMILES string of the molecule is C=CCN(Cc1nc(-c2cccc(C)c2)no1)C(=O)Cc1ccc(C)cc1. The summed E-state index contributed by atoms with van der Waals surface area (Å²) < 4.78 is 5.36. The van der Waals surface area contributed by atoms with E-state index in [0.29, 0.717) is 24.7 Å². The second-order valence-electron chi connectivity index (χ2n) is 6.61. The highest BCUT2D eigenvalue weighted by Crippen LogP contribution is 2.18. The van der Waals surface area contributed by atoms with Crippen molar-refractivity contribution in [3.8, 4) is 11.4 Å². The molecule has 1 amide bonds. The van der Waals surface area contributed by atoms with Gasteiger partial charge >= 0.3 is 0 Å². The van der Waals surface area contributed by atoms with E-state index in [9.17, 15) is 4.79 Å². The minimum absolute atomic E-state index is 0.00550. The van der Waals surface area contributed by atoms with Crippen molar-refractivity contribution in [3.63, 3.8) is 0 Å². The summed E-state index contributed by atoms with van der Waals surface area (Å²) in [5.74, 6) is 0.929. The molecular weight excluding hydrogens is 338 g/mol. The van der Waals surface area contributed by atoms with Crippen LogP contribution in [-0.4, -0.2) is 27.5 Å². The summed E-state index contributed by atoms with van der Waals surface area (Å²) in [6.07, 6.45) is 2.03. The van der Waals surface area contributed by atoms with Crippen LogP contribution in [0.3, 0.4) is 0 Å². The van der Waals surface area contributed by atoms with Crippen molar-refractivity contribution in [2.45, 2.75) is 26.8 Å². The highest BCUT2D eigenvalue weighted by molar-refractivity contribution is 5.78. The minimum Gasteiger partial charge on any atom is -0.337 e. The van der Waals surface area contributed by atoms with Crippen molar-refractivity contribution in [2.75, 3.05) is 6.54 Å². The van der Waals surface area contributed by atoms with Crippen LogP contribution in [0.4, 0.5) is 0 Å². The monoisotopic (exact) mass is 361 g/mol. The van der Waals surface area contributed by atoms with Gasteiger partial charge in [0.25, 0.3) is 0 Å². The molecule has 0 aliphatic rings. The molecule has 0 fully saturated rings. The van der Waals surface area contributed by atoms with Crippen LogP contribution < -0.4 is 0 Å². The Labute approximate surface area is 159 Å². The standard InChI is InChI=1S/C22H23N3O2/c1-4-12-25(21(26)14-18-10-8-16(2)9-11-18)15-20-23-22(24-27-20)19-7-5-6-17(3)13-19/h4-11,13H,1,12,14-15H2,2-3H3. The van der Waals surface area contributed by atoms with Crippen LogP contribution in [0.5, 0.6) is 0 Å². The zero-order valence-electron chi connectivity index (χ0n) is 15.7. The van der Waals surface area contributed by atoms with Crippen LogP contribution in [0.25, 0.3) is 11.4 Å². The van der Waals surface area contributed by atoms with Gasteiger partial charge in [-0.3, -0.25) is 4.79 Å². The summed E-state index contributed by atoms with van der Waals surface area (Å²) in [5.41, 5.74) is 4.17. The molecular formula is C22H23N3O2. The fraction of sp³-hybridized carbons (Fsp3) is 0.227. The molecule has 0 aliphatic carbocycles. The fourth-order valence-electron chi connectivity index (χ4n) is 2.79. The molecule has 0 N–H and O–H groups in total. The number of hydrogen-bond donors (Lipinski definition) is 0. The van der Waals surface area contributed by atoms with Gasteiger partial charge in [0.1, 0.15) is 6.54 Å². The first-order valence-corrected chi connectivity index (χ1v) is 8.89. The lowest BCUT2D eigenvalue weighted by Crippen LogP contribution is -2.32. The Morgan fingerprint density at radius 2 is 1.93 bits per heavy atom. The third kappa shape index (κ3) is 4.91. The van der Waals surface area contributed by atoms with Crippen molar-refractivity contribution < 1.29 is 9.32 Å². The smallest absolute Gasteiger partial charge is 0.246 e. The number of aromatic nitrogens is 2. The van der Waals surface area contributed by atoms with Crippen molar-refractivity contribution >= 4 is 5.91 Å². The van der Waals surface area contributed by atoms with E-state index in [2.05, 4.69) is 16.7 Å². The first-order valence-electron chi connectivity index (χ1n) is 8.89. The average Bonchev–Trinajstić information content (AvgIpc) is 3.12. The van der Waals surface area contributed by atoms with E-state index in [0.717, 1.165) is 16.7 Å². The van der Waals surface area contributed by atoms with Crippen molar-refractivity contribution in [1.29, 1.82) is 0 Å². The second kappa shape index (κ2) is 8.45. The minimum atomic E-state index is -0.00550. The van der Waals surface area contributed by atoms with Crippen LogP contribution in [0, 0.1) is 13.8 Å². The normalized spacial score (nSPS) is 10.6. The molecule has 0 aliphatic heterocycles. The molecule has 0 spiro atoms. The lowest BCUT2D eigenvalue weighted by molar-refractivity contribution is -0.130. The number of carbonyl (C=O) groups is 1. The van der Waals surface area contributed by atoms with Crippen molar-refractivity contribution in [3.05, 3.63) is 83.8 Å². The summed E-state index contributed by atoms with van der Waals surface area (Å²) in [7, 11) is 0. The molecule has 3 rings (SSSR count). The zero-order chi connectivity index (χ0) is 19.2. The van der Waals surface area contributed by atoms with Gasteiger partial charge in [-0.1, -0.05) is 64.8 Å². The first kappa shape index (κ1) is 18.6. The molecule has 5 heteroatoms. The molecule has 0 unspecified atom stereocenters. The molecule has 0 bridgehead atoms. The van der Waals surface area contributed by atoms with Gasteiger partial charge in [-0.2, -0.15) is 4.98 Å². The van der Waals surface area contributed by atoms with Gasteiger partial charge in [0, 0.05) is 12.1 Å². The predicted octanol–water partition coefficient (Wildman–Crippen LogP) is 4.11. The maximum atomic E-state index is 12.7. The number of carbonyl (C=O) groups excluding carboxylic acids is 1. The molecule has 0 saturated heterocycles. The van der Waals surface area contributed by atoms with E-state index in [1.165, 1.54) is 5.56 Å². The fourth-order valence-corrected chi connectivity index (χ4v) is 2.79. The Morgan fingerprint density at radius 3 is 2.63 bits per heavy atom. The largest absolute Gasteiger partial charge is 0.337 e. The highest BCUT2D eigenvalue weighted by atomic mass is 16.5. The Hall–Kier alpha value is -3.21. The summed E-state index contributed by atoms with van der Waals surface area (Å²) in [5, 5.41) is 4.04.